The molecular weight excluding hydrogens is 411 g/mol. The van der Waals surface area contributed by atoms with E-state index >= 15 is 0 Å². The molecule has 152 valence electrons. The molecule has 3 rings (SSSR count). The zero-order chi connectivity index (χ0) is 21.3. The van der Waals surface area contributed by atoms with Crippen LogP contribution in [-0.2, 0) is 9.59 Å². The molecule has 1 atom stereocenters. The highest BCUT2D eigenvalue weighted by atomic mass is 35.5. The van der Waals surface area contributed by atoms with E-state index in [1.54, 1.807) is 30.3 Å². The summed E-state index contributed by atoms with van der Waals surface area (Å²) in [5.74, 6) is -1.55. The quantitative estimate of drug-likeness (QED) is 0.434. The number of aryl methyl sites for hydroxylation is 1. The first-order chi connectivity index (χ1) is 13.7. The van der Waals surface area contributed by atoms with E-state index in [0.717, 1.165) is 5.56 Å². The number of aliphatic hydroxyl groups excluding tert-OH is 1. The number of hydrogen-bond acceptors (Lipinski definition) is 4. The maximum atomic E-state index is 12.9. The highest BCUT2D eigenvalue weighted by Gasteiger charge is 2.46. The average Bonchev–Trinajstić information content (AvgIpc) is 2.93. The first-order valence-electron chi connectivity index (χ1n) is 9.16. The van der Waals surface area contributed by atoms with E-state index in [0.29, 0.717) is 34.3 Å². The molecule has 0 saturated carbocycles. The SMILES string of the molecule is Cc1ccc(/C(O)=C2\C(=O)C(=O)N(CCN(C)C)C2c2ccc(Cl)c(Cl)c2)cc1. The smallest absolute Gasteiger partial charge is 0.295 e. The van der Waals surface area contributed by atoms with Gasteiger partial charge in [-0.3, -0.25) is 9.59 Å². The first-order valence-corrected chi connectivity index (χ1v) is 9.91. The molecule has 7 heteroatoms. The van der Waals surface area contributed by atoms with Gasteiger partial charge in [0.1, 0.15) is 5.76 Å². The Bertz CT molecular complexity index is 984. The van der Waals surface area contributed by atoms with Crippen LogP contribution in [0.5, 0.6) is 0 Å². The lowest BCUT2D eigenvalue weighted by Gasteiger charge is -2.26. The molecule has 1 aliphatic heterocycles. The predicted octanol–water partition coefficient (Wildman–Crippen LogP) is 4.29. The van der Waals surface area contributed by atoms with Crippen molar-refractivity contribution in [3.05, 3.63) is 74.8 Å². The maximum Gasteiger partial charge on any atom is 0.295 e. The van der Waals surface area contributed by atoms with Crippen molar-refractivity contribution in [2.24, 2.45) is 0 Å². The zero-order valence-corrected chi connectivity index (χ0v) is 18.0. The van der Waals surface area contributed by atoms with Crippen LogP contribution < -0.4 is 0 Å². The van der Waals surface area contributed by atoms with Gasteiger partial charge >= 0.3 is 0 Å². The Labute approximate surface area is 180 Å². The second-order valence-electron chi connectivity index (χ2n) is 7.34. The largest absolute Gasteiger partial charge is 0.507 e. The number of rotatable bonds is 5. The molecule has 0 spiro atoms. The summed E-state index contributed by atoms with van der Waals surface area (Å²) < 4.78 is 0. The lowest BCUT2D eigenvalue weighted by Crippen LogP contribution is -2.35. The molecule has 1 unspecified atom stereocenters. The van der Waals surface area contributed by atoms with Crippen LogP contribution in [0.3, 0.4) is 0 Å². The third-order valence-corrected chi connectivity index (χ3v) is 5.65. The number of carbonyl (C=O) groups excluding carboxylic acids is 2. The third-order valence-electron chi connectivity index (χ3n) is 4.91. The van der Waals surface area contributed by atoms with E-state index in [1.165, 1.54) is 4.90 Å². The summed E-state index contributed by atoms with van der Waals surface area (Å²) >= 11 is 12.2. The van der Waals surface area contributed by atoms with Crippen LogP contribution in [0.4, 0.5) is 0 Å². The molecule has 0 aromatic heterocycles. The lowest BCUT2D eigenvalue weighted by molar-refractivity contribution is -0.140. The maximum absolute atomic E-state index is 12.9. The fourth-order valence-corrected chi connectivity index (χ4v) is 3.62. The second kappa shape index (κ2) is 8.57. The van der Waals surface area contributed by atoms with Gasteiger partial charge in [-0.25, -0.2) is 0 Å². The summed E-state index contributed by atoms with van der Waals surface area (Å²) in [4.78, 5) is 29.1. The molecule has 2 aromatic carbocycles. The van der Waals surface area contributed by atoms with E-state index in [-0.39, 0.29) is 11.3 Å². The average molecular weight is 433 g/mol. The molecule has 5 nitrogen and oxygen atoms in total. The molecule has 2 aromatic rings. The molecule has 1 amide bonds. The molecular formula is C22H22Cl2N2O3. The number of ketones is 1. The number of aliphatic hydroxyl groups is 1. The van der Waals surface area contributed by atoms with Gasteiger partial charge in [0.2, 0.25) is 0 Å². The second-order valence-corrected chi connectivity index (χ2v) is 8.15. The number of benzene rings is 2. The lowest BCUT2D eigenvalue weighted by atomic mass is 9.95. The van der Waals surface area contributed by atoms with Crippen LogP contribution in [0.25, 0.3) is 5.76 Å². The number of carbonyl (C=O) groups is 2. The van der Waals surface area contributed by atoms with Gasteiger partial charge in [0.05, 0.1) is 21.7 Å². The molecule has 0 aliphatic carbocycles. The van der Waals surface area contributed by atoms with E-state index in [2.05, 4.69) is 0 Å². The summed E-state index contributed by atoms with van der Waals surface area (Å²) in [6.45, 7) is 2.82. The number of amides is 1. The number of likely N-dealkylation sites (N-methyl/N-ethyl adjacent to an activating group) is 1. The number of nitrogens with zero attached hydrogens (tertiary/aromatic N) is 2. The third kappa shape index (κ3) is 4.32. The van der Waals surface area contributed by atoms with Gasteiger partial charge in [0.25, 0.3) is 11.7 Å². The highest BCUT2D eigenvalue weighted by molar-refractivity contribution is 6.46. The van der Waals surface area contributed by atoms with Gasteiger partial charge in [-0.2, -0.15) is 0 Å². The summed E-state index contributed by atoms with van der Waals surface area (Å²) in [6.07, 6.45) is 0. The van der Waals surface area contributed by atoms with Crippen LogP contribution in [0.1, 0.15) is 22.7 Å². The first kappa shape index (κ1) is 21.4. The Kier molecular flexibility index (Phi) is 6.32. The molecule has 1 N–H and O–H groups in total. The zero-order valence-electron chi connectivity index (χ0n) is 16.4. The molecule has 1 fully saturated rings. The fourth-order valence-electron chi connectivity index (χ4n) is 3.31. The van der Waals surface area contributed by atoms with E-state index in [9.17, 15) is 14.7 Å². The minimum atomic E-state index is -0.744. The van der Waals surface area contributed by atoms with E-state index < -0.39 is 17.7 Å². The van der Waals surface area contributed by atoms with Crippen LogP contribution in [-0.4, -0.2) is 53.8 Å². The van der Waals surface area contributed by atoms with Crippen molar-refractivity contribution in [2.45, 2.75) is 13.0 Å². The standard InChI is InChI=1S/C22H22Cl2N2O3/c1-13-4-6-14(7-5-13)20(27)18-19(15-8-9-16(23)17(24)12-15)26(11-10-25(2)3)22(29)21(18)28/h4-9,12,19,27H,10-11H2,1-3H3/b20-18+. The molecule has 0 bridgehead atoms. The Morgan fingerprint density at radius 1 is 1.07 bits per heavy atom. The van der Waals surface area contributed by atoms with Crippen molar-refractivity contribution in [1.82, 2.24) is 9.80 Å². The monoisotopic (exact) mass is 432 g/mol. The van der Waals surface area contributed by atoms with Crippen molar-refractivity contribution >= 4 is 40.7 Å². The molecule has 0 radical (unpaired) electrons. The summed E-state index contributed by atoms with van der Waals surface area (Å²) in [5, 5.41) is 11.7. The Balaban J connectivity index is 2.16. The number of likely N-dealkylation sites (tertiary alicyclic amines) is 1. The van der Waals surface area contributed by atoms with E-state index in [1.807, 2.05) is 38.1 Å². The highest BCUT2D eigenvalue weighted by Crippen LogP contribution is 2.40. The normalized spacial score (nSPS) is 18.7. The molecule has 1 saturated heterocycles. The summed E-state index contributed by atoms with van der Waals surface area (Å²) in [7, 11) is 3.77. The number of halogens is 2. The van der Waals surface area contributed by atoms with Crippen molar-refractivity contribution in [3.63, 3.8) is 0 Å². The minimum absolute atomic E-state index is 0.0519. The van der Waals surface area contributed by atoms with Crippen molar-refractivity contribution < 1.29 is 14.7 Å². The van der Waals surface area contributed by atoms with Crippen LogP contribution in [0.2, 0.25) is 10.0 Å². The molecule has 1 aliphatic rings. The topological polar surface area (TPSA) is 60.9 Å². The molecule has 29 heavy (non-hydrogen) atoms. The van der Waals surface area contributed by atoms with Gasteiger partial charge in [-0.15, -0.1) is 0 Å². The van der Waals surface area contributed by atoms with Crippen molar-refractivity contribution in [3.8, 4) is 0 Å². The Hall–Kier alpha value is -2.34. The van der Waals surface area contributed by atoms with E-state index in [4.69, 9.17) is 23.2 Å². The van der Waals surface area contributed by atoms with Gasteiger partial charge in [-0.05, 0) is 38.7 Å². The fraction of sp³-hybridized carbons (Fsp3) is 0.273. The number of Topliss-reactive ketones (excluding diaryl/α,β-unsaturated/α-hetero) is 1. The van der Waals surface area contributed by atoms with Crippen LogP contribution >= 0.6 is 23.2 Å². The predicted molar refractivity (Wildman–Crippen MR) is 115 cm³/mol. The van der Waals surface area contributed by atoms with Crippen molar-refractivity contribution in [2.75, 3.05) is 27.2 Å². The van der Waals surface area contributed by atoms with Gasteiger partial charge in [0.15, 0.2) is 0 Å². The van der Waals surface area contributed by atoms with Gasteiger partial charge in [0, 0.05) is 18.7 Å². The Morgan fingerprint density at radius 3 is 2.31 bits per heavy atom. The minimum Gasteiger partial charge on any atom is -0.507 e. The van der Waals surface area contributed by atoms with Gasteiger partial charge < -0.3 is 14.9 Å². The summed E-state index contributed by atoms with van der Waals surface area (Å²) in [5.41, 5.74) is 2.17. The summed E-state index contributed by atoms with van der Waals surface area (Å²) in [6, 6.07) is 11.4. The van der Waals surface area contributed by atoms with Crippen molar-refractivity contribution in [1.29, 1.82) is 0 Å². The van der Waals surface area contributed by atoms with Crippen LogP contribution in [0, 0.1) is 6.92 Å². The Morgan fingerprint density at radius 2 is 1.72 bits per heavy atom. The molecule has 1 heterocycles. The van der Waals surface area contributed by atoms with Crippen LogP contribution in [0.15, 0.2) is 48.0 Å². The number of hydrogen-bond donors (Lipinski definition) is 1. The van der Waals surface area contributed by atoms with Gasteiger partial charge in [-0.1, -0.05) is 59.1 Å².